The van der Waals surface area contributed by atoms with Crippen LogP contribution in [-0.4, -0.2) is 21.2 Å². The van der Waals surface area contributed by atoms with Gasteiger partial charge in [0, 0.05) is 29.2 Å². The Balaban J connectivity index is 1.28. The van der Waals surface area contributed by atoms with Crippen LogP contribution in [0.5, 0.6) is 5.88 Å². The topological polar surface area (TPSA) is 85.5 Å². The molecule has 11 heteroatoms. The number of benzene rings is 1. The summed E-state index contributed by atoms with van der Waals surface area (Å²) in [6.45, 7) is -0.144. The van der Waals surface area contributed by atoms with Crippen molar-refractivity contribution in [2.24, 2.45) is 0 Å². The number of rotatable bonds is 8. The van der Waals surface area contributed by atoms with Gasteiger partial charge in [-0.3, -0.25) is 0 Å². The molecule has 6 nitrogen and oxygen atoms in total. The Labute approximate surface area is 236 Å². The van der Waals surface area contributed by atoms with Crippen LogP contribution in [0, 0.1) is 12.1 Å². The van der Waals surface area contributed by atoms with Crippen molar-refractivity contribution in [3.63, 3.8) is 0 Å². The van der Waals surface area contributed by atoms with E-state index in [1.165, 1.54) is 24.3 Å². The van der Waals surface area contributed by atoms with Crippen molar-refractivity contribution in [1.29, 1.82) is 0 Å². The summed E-state index contributed by atoms with van der Waals surface area (Å²) in [6, 6.07) is 15.9. The quantitative estimate of drug-likeness (QED) is 0.224. The highest BCUT2D eigenvalue weighted by Crippen LogP contribution is 2.56. The molecule has 204 valence electrons. The fraction of sp³-hybridized carbons (Fsp3) is 0.276. The second-order valence-corrected chi connectivity index (χ2v) is 10.7. The lowest BCUT2D eigenvalue weighted by Crippen LogP contribution is -2.13. The van der Waals surface area contributed by atoms with Crippen LogP contribution in [0.3, 0.4) is 0 Å². The van der Waals surface area contributed by atoms with Crippen molar-refractivity contribution in [3.05, 3.63) is 98.4 Å². The van der Waals surface area contributed by atoms with Crippen molar-refractivity contribution in [2.45, 2.75) is 49.8 Å². The van der Waals surface area contributed by atoms with Crippen molar-refractivity contribution in [1.82, 2.24) is 10.1 Å². The van der Waals surface area contributed by atoms with Gasteiger partial charge in [-0.1, -0.05) is 52.6 Å². The minimum atomic E-state index is -4.73. The van der Waals surface area contributed by atoms with Crippen LogP contribution in [-0.2, 0) is 12.8 Å². The highest BCUT2D eigenvalue weighted by atomic mass is 35.5. The second-order valence-electron chi connectivity index (χ2n) is 9.84. The van der Waals surface area contributed by atoms with E-state index in [1.807, 2.05) is 0 Å². The van der Waals surface area contributed by atoms with Crippen LogP contribution in [0.2, 0.25) is 10.0 Å². The molecule has 0 bridgehead atoms. The van der Waals surface area contributed by atoms with Gasteiger partial charge in [0.15, 0.2) is 5.69 Å². The van der Waals surface area contributed by atoms with E-state index < -0.39 is 23.8 Å². The normalized spacial score (nSPS) is 18.3. The predicted octanol–water partition coefficient (Wildman–Crippen LogP) is 8.09. The first-order valence-electron chi connectivity index (χ1n) is 12.4. The Morgan fingerprint density at radius 1 is 1.15 bits per heavy atom. The summed E-state index contributed by atoms with van der Waals surface area (Å²) >= 11 is 12.8. The Bertz CT molecular complexity index is 1600. The zero-order chi connectivity index (χ0) is 28.2. The number of carboxylic acids is 1. The Kier molecular flexibility index (Phi) is 6.64. The third kappa shape index (κ3) is 5.09. The predicted molar refractivity (Wildman–Crippen MR) is 139 cm³/mol. The van der Waals surface area contributed by atoms with Crippen molar-refractivity contribution in [3.8, 4) is 17.1 Å². The van der Waals surface area contributed by atoms with Gasteiger partial charge in [0.25, 0.3) is 0 Å². The molecule has 0 radical (unpaired) electrons. The fourth-order valence-corrected chi connectivity index (χ4v) is 5.48. The first-order valence-corrected chi connectivity index (χ1v) is 13.2. The second kappa shape index (κ2) is 10.0. The molecule has 4 aromatic rings. The van der Waals surface area contributed by atoms with Gasteiger partial charge >= 0.3 is 12.1 Å². The molecule has 2 unspecified atom stereocenters. The number of aromatic nitrogens is 2. The summed E-state index contributed by atoms with van der Waals surface area (Å²) in [7, 11) is 0. The third-order valence-corrected chi connectivity index (χ3v) is 7.72. The number of nitrogens with zero attached hydrogens (tertiary/aromatic N) is 2. The molecular formula is C29H19Cl2F3N2O4. The van der Waals surface area contributed by atoms with E-state index in [9.17, 15) is 23.1 Å². The van der Waals surface area contributed by atoms with E-state index in [4.69, 9.17) is 32.5 Å². The highest BCUT2D eigenvalue weighted by molar-refractivity contribution is 6.39. The smallest absolute Gasteiger partial charge is 0.433 e. The third-order valence-electron chi connectivity index (χ3n) is 7.09. The molecule has 0 spiro atoms. The van der Waals surface area contributed by atoms with Crippen molar-refractivity contribution >= 4 is 29.2 Å². The molecule has 0 amide bonds. The molecule has 2 aliphatic carbocycles. The summed E-state index contributed by atoms with van der Waals surface area (Å²) in [4.78, 5) is 15.1. The monoisotopic (exact) mass is 586 g/mol. The van der Waals surface area contributed by atoms with Crippen molar-refractivity contribution < 1.29 is 32.3 Å². The molecule has 2 fully saturated rings. The van der Waals surface area contributed by atoms with Crippen LogP contribution in [0.15, 0.2) is 47.0 Å². The minimum absolute atomic E-state index is 0.00840. The largest absolute Gasteiger partial charge is 0.478 e. The lowest BCUT2D eigenvalue weighted by molar-refractivity contribution is -0.142. The van der Waals surface area contributed by atoms with Gasteiger partial charge in [-0.25, -0.2) is 9.78 Å². The van der Waals surface area contributed by atoms with Gasteiger partial charge < -0.3 is 14.4 Å². The molecule has 1 N–H and O–H groups in total. The number of carbonyl (C=O) groups is 1. The number of ether oxygens (including phenoxy) is 1. The number of hydrogen-bond acceptors (Lipinski definition) is 5. The zero-order valence-electron chi connectivity index (χ0n) is 20.6. The summed E-state index contributed by atoms with van der Waals surface area (Å²) < 4.78 is 53.7. The van der Waals surface area contributed by atoms with Gasteiger partial charge in [0.05, 0.1) is 21.2 Å². The molecule has 0 saturated heterocycles. The minimum Gasteiger partial charge on any atom is -0.478 e. The zero-order valence-corrected chi connectivity index (χ0v) is 22.1. The van der Waals surface area contributed by atoms with Gasteiger partial charge in [0.1, 0.15) is 18.1 Å². The molecule has 40 heavy (non-hydrogen) atoms. The molecule has 2 aromatic carbocycles. The number of alkyl halides is 3. The number of pyridine rings is 1. The average molecular weight is 587 g/mol. The van der Waals surface area contributed by atoms with Crippen LogP contribution in [0.1, 0.15) is 75.5 Å². The maximum Gasteiger partial charge on any atom is 0.433 e. The molecule has 0 aliphatic heterocycles. The van der Waals surface area contributed by atoms with E-state index in [2.05, 4.69) is 22.3 Å². The number of aromatic carboxylic acids is 1. The lowest BCUT2D eigenvalue weighted by Gasteiger charge is -2.14. The van der Waals surface area contributed by atoms with E-state index in [-0.39, 0.29) is 35.4 Å². The molecule has 2 aromatic heterocycles. The molecule has 2 heterocycles. The first-order chi connectivity index (χ1) is 19.1. The molecule has 2 aliphatic rings. The van der Waals surface area contributed by atoms with Gasteiger partial charge in [-0.2, -0.15) is 13.2 Å². The Hall–Kier alpha value is -3.74. The van der Waals surface area contributed by atoms with E-state index in [1.54, 1.807) is 18.2 Å². The number of hydrogen-bond donors (Lipinski definition) is 1. The number of carboxylic acid groups (broad SMARTS) is 1. The van der Waals surface area contributed by atoms with Gasteiger partial charge in [-0.15, -0.1) is 0 Å². The van der Waals surface area contributed by atoms with Crippen LogP contribution in [0.4, 0.5) is 13.2 Å². The molecule has 2 atom stereocenters. The maximum atomic E-state index is 14.1. The first kappa shape index (κ1) is 26.5. The Morgan fingerprint density at radius 2 is 1.90 bits per heavy atom. The van der Waals surface area contributed by atoms with E-state index >= 15 is 0 Å². The summed E-state index contributed by atoms with van der Waals surface area (Å²) in [5, 5.41) is 14.1. The van der Waals surface area contributed by atoms with Crippen LogP contribution in [0.25, 0.3) is 11.3 Å². The van der Waals surface area contributed by atoms with Crippen molar-refractivity contribution in [2.75, 3.05) is 0 Å². The van der Waals surface area contributed by atoms with Gasteiger partial charge in [-0.05, 0) is 54.9 Å². The summed E-state index contributed by atoms with van der Waals surface area (Å²) in [5.74, 6) is -1.41. The van der Waals surface area contributed by atoms with E-state index in [0.29, 0.717) is 44.6 Å². The molecule has 2 saturated carbocycles. The molecular weight excluding hydrogens is 568 g/mol. The number of halogens is 5. The van der Waals surface area contributed by atoms with Gasteiger partial charge in [0.2, 0.25) is 5.88 Å². The van der Waals surface area contributed by atoms with Crippen LogP contribution < -0.4 is 4.74 Å². The lowest BCUT2D eigenvalue weighted by atomic mass is 10.0. The Morgan fingerprint density at radius 3 is 2.58 bits per heavy atom. The SMILES string of the molecule is O=C(O)c1cc#cc(C2CC2c2ccc(OCc3c(-c4c(Cl)cccc4Cl)noc3C3CC3)nc2C(F)(F)F)c1. The van der Waals surface area contributed by atoms with E-state index in [0.717, 1.165) is 12.8 Å². The summed E-state index contributed by atoms with van der Waals surface area (Å²) in [5.41, 5.74) is 0.884. The van der Waals surface area contributed by atoms with Crippen LogP contribution >= 0.6 is 23.2 Å². The maximum absolute atomic E-state index is 14.1. The fourth-order valence-electron chi connectivity index (χ4n) is 4.90. The highest BCUT2D eigenvalue weighted by Gasteiger charge is 2.46. The standard InChI is InChI=1S/C29H19Cl2F3N2O4/c30-21-5-2-6-22(31)24(21)25-20(26(40-36-25)14-7-8-14)13-39-23-10-9-17(27(35-23)29(32,33)34)19-12-18(19)15-3-1-4-16(11-15)28(37)38/h2,4-6,9-11,14,18-19H,7-8,12-13H2,(H,37,38). The summed E-state index contributed by atoms with van der Waals surface area (Å²) in [6.07, 6.45) is -2.52. The average Bonchev–Trinajstić information content (AvgIpc) is 3.85. The molecule has 6 rings (SSSR count).